The molecule has 0 atom stereocenters. The lowest BCUT2D eigenvalue weighted by Gasteiger charge is -1.69. The smallest absolute Gasteiger partial charge is 0.0194 e. The maximum absolute atomic E-state index is 5.75. The molecule has 0 aliphatic carbocycles. The average molecular weight is 140 g/mol. The fourth-order valence-corrected chi connectivity index (χ4v) is 0.385. The predicted octanol–water partition coefficient (Wildman–Crippen LogP) is 3.74. The number of hydrogen-bond donors (Lipinski definition) is 0. The molecule has 0 unspecified atom stereocenters. The predicted molar refractivity (Wildman–Crippen MR) is 49.1 cm³/mol. The number of benzene rings is 1. The summed E-state index contributed by atoms with van der Waals surface area (Å²) in [7, 11) is 1.25. The SMILES string of the molecule is CCC.[3H]C.c1ccccc1. The van der Waals surface area contributed by atoms with E-state index in [0.29, 0.717) is 0 Å². The lowest BCUT2D eigenvalue weighted by Crippen LogP contribution is -1.47. The van der Waals surface area contributed by atoms with Crippen LogP contribution in [0.25, 0.3) is 0 Å². The van der Waals surface area contributed by atoms with E-state index in [1.54, 1.807) is 0 Å². The molecular weight excluding hydrogens is 120 g/mol. The average Bonchev–Trinajstić information content (AvgIpc) is 2.12. The van der Waals surface area contributed by atoms with Crippen molar-refractivity contribution in [3.05, 3.63) is 36.4 Å². The molecule has 58 valence electrons. The zero-order chi connectivity index (χ0) is 8.95. The molecule has 0 radical (unpaired) electrons. The largest absolute Gasteiger partial charge is 0.0776 e. The highest BCUT2D eigenvalue weighted by Crippen LogP contribution is 1.79. The van der Waals surface area contributed by atoms with Crippen molar-refractivity contribution < 1.29 is 1.37 Å². The summed E-state index contributed by atoms with van der Waals surface area (Å²) >= 11 is 0. The third kappa shape index (κ3) is 10.3. The maximum Gasteiger partial charge on any atom is 0.0194 e. The molecule has 0 aromatic heterocycles. The molecule has 0 spiro atoms. The first-order valence-corrected chi connectivity index (χ1v) is 3.41. The number of hydrogen-bond acceptors (Lipinski definition) is 0. The van der Waals surface area contributed by atoms with E-state index < -0.39 is 0 Å². The molecule has 1 rings (SSSR count). The van der Waals surface area contributed by atoms with Gasteiger partial charge in [0.2, 0.25) is 0 Å². The van der Waals surface area contributed by atoms with Crippen molar-refractivity contribution in [3.8, 4) is 0 Å². The van der Waals surface area contributed by atoms with Crippen molar-refractivity contribution >= 4 is 0 Å². The fourth-order valence-electron chi connectivity index (χ4n) is 0.385. The Hall–Kier alpha value is -0.780. The molecule has 0 saturated carbocycles. The first-order valence-electron chi connectivity index (χ1n) is 4.41. The molecule has 0 heteroatoms. The Bertz CT molecular complexity index is 87.7. The third-order valence-corrected chi connectivity index (χ3v) is 0.667. The van der Waals surface area contributed by atoms with Gasteiger partial charge in [-0.15, -0.1) is 0 Å². The van der Waals surface area contributed by atoms with Gasteiger partial charge in [-0.05, 0) is 0 Å². The second kappa shape index (κ2) is 11.1. The molecule has 0 N–H and O–H groups in total. The zero-order valence-corrected chi connectivity index (χ0v) is 7.17. The van der Waals surface area contributed by atoms with Crippen LogP contribution >= 0.6 is 0 Å². The summed E-state index contributed by atoms with van der Waals surface area (Å²) in [6.45, 7) is 4.25. The summed E-state index contributed by atoms with van der Waals surface area (Å²) in [4.78, 5) is 0. The van der Waals surface area contributed by atoms with Crippen molar-refractivity contribution in [2.24, 2.45) is 0 Å². The van der Waals surface area contributed by atoms with Gasteiger partial charge in [0, 0.05) is 1.37 Å². The van der Waals surface area contributed by atoms with Crippen molar-refractivity contribution in [3.63, 3.8) is 0 Å². The van der Waals surface area contributed by atoms with Gasteiger partial charge in [0.05, 0.1) is 0 Å². The standard InChI is InChI=1S/C6H6.C3H8.CH4/c1-2-4-6-5-3-1;1-3-2;/h1-6H;3H2,1-2H3;1H4/i;;1T. The van der Waals surface area contributed by atoms with E-state index >= 15 is 0 Å². The minimum atomic E-state index is 1.25. The first kappa shape index (κ1) is 9.22. The van der Waals surface area contributed by atoms with E-state index in [1.807, 2.05) is 36.4 Å². The molecule has 0 aliphatic rings. The minimum absolute atomic E-state index is 1.25. The van der Waals surface area contributed by atoms with E-state index in [1.165, 1.54) is 13.8 Å². The van der Waals surface area contributed by atoms with Crippen LogP contribution in [0.4, 0.5) is 0 Å². The van der Waals surface area contributed by atoms with Gasteiger partial charge in [0.15, 0.2) is 0 Å². The summed E-state index contributed by atoms with van der Waals surface area (Å²) in [5.74, 6) is 0. The van der Waals surface area contributed by atoms with Crippen LogP contribution < -0.4 is 0 Å². The Morgan fingerprint density at radius 1 is 0.900 bits per heavy atom. The second-order valence-electron chi connectivity index (χ2n) is 1.86. The van der Waals surface area contributed by atoms with Gasteiger partial charge in [0.1, 0.15) is 0 Å². The summed E-state index contributed by atoms with van der Waals surface area (Å²) < 4.78 is 5.75. The van der Waals surface area contributed by atoms with E-state index in [-0.39, 0.29) is 0 Å². The molecule has 0 saturated heterocycles. The molecule has 10 heavy (non-hydrogen) atoms. The van der Waals surface area contributed by atoms with Gasteiger partial charge >= 0.3 is 0 Å². The summed E-state index contributed by atoms with van der Waals surface area (Å²) in [5, 5.41) is 0. The molecule has 0 bridgehead atoms. The van der Waals surface area contributed by atoms with Gasteiger partial charge in [-0.2, -0.15) is 0 Å². The molecule has 0 aliphatic heterocycles. The van der Waals surface area contributed by atoms with Gasteiger partial charge < -0.3 is 0 Å². The van der Waals surface area contributed by atoms with Gasteiger partial charge in [-0.3, -0.25) is 0 Å². The quantitative estimate of drug-likeness (QED) is 0.515. The highest BCUT2D eigenvalue weighted by Gasteiger charge is 1.57. The Morgan fingerprint density at radius 2 is 1.00 bits per heavy atom. The Labute approximate surface area is 66.3 Å². The molecular formula is C10H18. The highest BCUT2D eigenvalue weighted by atomic mass is 13.6. The van der Waals surface area contributed by atoms with Crippen molar-refractivity contribution in [2.45, 2.75) is 27.7 Å². The summed E-state index contributed by atoms with van der Waals surface area (Å²) in [5.41, 5.74) is 0. The Morgan fingerprint density at radius 3 is 1.10 bits per heavy atom. The van der Waals surface area contributed by atoms with E-state index in [0.717, 1.165) is 0 Å². The highest BCUT2D eigenvalue weighted by molar-refractivity contribution is 4.99. The fraction of sp³-hybridized carbons (Fsp3) is 0.400. The van der Waals surface area contributed by atoms with Gasteiger partial charge in [-0.1, -0.05) is 64.1 Å². The second-order valence-corrected chi connectivity index (χ2v) is 1.86. The van der Waals surface area contributed by atoms with E-state index in [4.69, 9.17) is 1.37 Å². The van der Waals surface area contributed by atoms with Crippen LogP contribution in [0.3, 0.4) is 0 Å². The van der Waals surface area contributed by atoms with Crippen molar-refractivity contribution in [1.29, 1.82) is 0 Å². The van der Waals surface area contributed by atoms with Gasteiger partial charge in [-0.25, -0.2) is 0 Å². The van der Waals surface area contributed by atoms with Crippen LogP contribution in [0.5, 0.6) is 0 Å². The molecule has 0 nitrogen and oxygen atoms in total. The van der Waals surface area contributed by atoms with Crippen LogP contribution in [0, 0.1) is 0 Å². The monoisotopic (exact) mass is 140 g/mol. The summed E-state index contributed by atoms with van der Waals surface area (Å²) in [6, 6.07) is 12.0. The van der Waals surface area contributed by atoms with Gasteiger partial charge in [0.25, 0.3) is 0 Å². The Kier molecular flexibility index (Phi) is 10.2. The lowest BCUT2D eigenvalue weighted by molar-refractivity contribution is 1.09. The molecule has 1 aromatic carbocycles. The molecule has 1 aromatic rings. The first-order chi connectivity index (χ1) is 5.41. The maximum atomic E-state index is 5.75. The molecule has 0 amide bonds. The Balaban J connectivity index is 0. The normalized spacial score (nSPS) is 7.30. The minimum Gasteiger partial charge on any atom is -0.0776 e. The van der Waals surface area contributed by atoms with Crippen LogP contribution in [-0.4, -0.2) is 0 Å². The lowest BCUT2D eigenvalue weighted by atomic mass is 10.4. The summed E-state index contributed by atoms with van der Waals surface area (Å²) in [6.07, 6.45) is 1.25. The van der Waals surface area contributed by atoms with Crippen LogP contribution in [0.2, 0.25) is 0 Å². The zero-order valence-electron chi connectivity index (χ0n) is 8.17. The van der Waals surface area contributed by atoms with Crippen LogP contribution in [0.15, 0.2) is 36.4 Å². The van der Waals surface area contributed by atoms with Crippen molar-refractivity contribution in [2.75, 3.05) is 0 Å². The topological polar surface area (TPSA) is 0 Å². The molecule has 0 fully saturated rings. The van der Waals surface area contributed by atoms with Crippen LogP contribution in [0.1, 0.15) is 29.0 Å². The number of rotatable bonds is 0. The van der Waals surface area contributed by atoms with Crippen molar-refractivity contribution in [1.82, 2.24) is 0 Å². The van der Waals surface area contributed by atoms with Crippen LogP contribution in [-0.2, 0) is 0 Å². The third-order valence-electron chi connectivity index (χ3n) is 0.667. The van der Waals surface area contributed by atoms with E-state index in [2.05, 4.69) is 13.8 Å². The van der Waals surface area contributed by atoms with E-state index in [9.17, 15) is 0 Å². The molecule has 0 heterocycles.